The molecule has 0 aromatic carbocycles. The van der Waals surface area contributed by atoms with Crippen LogP contribution in [-0.2, 0) is 9.59 Å². The standard InChI is InChI=1S/C6H12N2O2/c1-2-3-8-6(10)4-7-5-9/h5H,2-4H2,1H3,(H,7,9)(H,8,10)/i5T. The molecule has 0 aliphatic rings. The predicted octanol–water partition coefficient (Wildman–Crippen LogP) is -0.741. The first-order chi connectivity index (χ1) is 5.16. The van der Waals surface area contributed by atoms with E-state index in [1.165, 1.54) is 0 Å². The highest BCUT2D eigenvalue weighted by molar-refractivity contribution is 5.79. The van der Waals surface area contributed by atoms with E-state index >= 15 is 0 Å². The van der Waals surface area contributed by atoms with Crippen LogP contribution in [0.25, 0.3) is 0 Å². The van der Waals surface area contributed by atoms with Crippen molar-refractivity contribution in [1.29, 1.82) is 0 Å². The molecule has 10 heavy (non-hydrogen) atoms. The van der Waals surface area contributed by atoms with Gasteiger partial charge in [0.25, 0.3) is 0 Å². The molecule has 0 rings (SSSR count). The zero-order valence-electron chi connectivity index (χ0n) is 6.94. The highest BCUT2D eigenvalue weighted by Gasteiger charge is 1.95. The molecular formula is C6H12N2O2. The molecule has 0 unspecified atom stereocenters. The van der Waals surface area contributed by atoms with Crippen molar-refractivity contribution in [3.8, 4) is 0 Å². The van der Waals surface area contributed by atoms with Crippen molar-refractivity contribution in [1.82, 2.24) is 10.6 Å². The zero-order valence-corrected chi connectivity index (χ0v) is 5.94. The molecule has 0 aliphatic carbocycles. The lowest BCUT2D eigenvalue weighted by Crippen LogP contribution is -2.33. The zero-order chi connectivity index (χ0) is 8.69. The van der Waals surface area contributed by atoms with Crippen LogP contribution in [0.3, 0.4) is 0 Å². The summed E-state index contributed by atoms with van der Waals surface area (Å²) < 4.78 is 6.42. The van der Waals surface area contributed by atoms with Gasteiger partial charge in [0.1, 0.15) is 1.37 Å². The van der Waals surface area contributed by atoms with Gasteiger partial charge in [-0.1, -0.05) is 6.92 Å². The number of nitrogens with one attached hydrogen (secondary N) is 2. The van der Waals surface area contributed by atoms with Gasteiger partial charge in [-0.25, -0.2) is 0 Å². The first-order valence-electron chi connectivity index (χ1n) is 3.68. The van der Waals surface area contributed by atoms with Crippen LogP contribution in [0.15, 0.2) is 0 Å². The SMILES string of the molecule is [3H]C(=O)NCC(=O)NCCC. The van der Waals surface area contributed by atoms with Gasteiger partial charge in [-0.3, -0.25) is 9.59 Å². The topological polar surface area (TPSA) is 58.2 Å². The van der Waals surface area contributed by atoms with Gasteiger partial charge >= 0.3 is 0 Å². The van der Waals surface area contributed by atoms with Crippen molar-refractivity contribution >= 4 is 12.3 Å². The van der Waals surface area contributed by atoms with Crippen molar-refractivity contribution in [3.05, 3.63) is 0 Å². The summed E-state index contributed by atoms with van der Waals surface area (Å²) in [5, 5.41) is 4.62. The van der Waals surface area contributed by atoms with Gasteiger partial charge in [-0.2, -0.15) is 0 Å². The van der Waals surface area contributed by atoms with Crippen LogP contribution in [0.5, 0.6) is 0 Å². The summed E-state index contributed by atoms with van der Waals surface area (Å²) >= 11 is 0. The normalized spacial score (nSPS) is 9.90. The molecule has 58 valence electrons. The van der Waals surface area contributed by atoms with Crippen molar-refractivity contribution in [2.24, 2.45) is 0 Å². The molecule has 2 N–H and O–H groups in total. The Morgan fingerprint density at radius 1 is 1.80 bits per heavy atom. The fraction of sp³-hybridized carbons (Fsp3) is 0.667. The molecule has 2 amide bonds. The van der Waals surface area contributed by atoms with E-state index in [0.717, 1.165) is 6.42 Å². The second-order valence-corrected chi connectivity index (χ2v) is 1.81. The minimum atomic E-state index is -0.934. The quantitative estimate of drug-likeness (QED) is 0.513. The summed E-state index contributed by atoms with van der Waals surface area (Å²) in [4.78, 5) is 20.7. The summed E-state index contributed by atoms with van der Waals surface area (Å²) in [6.45, 7) is 2.43. The monoisotopic (exact) mass is 146 g/mol. The van der Waals surface area contributed by atoms with Gasteiger partial charge in [-0.15, -0.1) is 0 Å². The summed E-state index contributed by atoms with van der Waals surface area (Å²) in [6.07, 6.45) is -0.0720. The Morgan fingerprint density at radius 3 is 3.00 bits per heavy atom. The molecule has 0 saturated carbocycles. The molecule has 0 bridgehead atoms. The second kappa shape index (κ2) is 6.07. The first-order valence-corrected chi connectivity index (χ1v) is 3.18. The van der Waals surface area contributed by atoms with Gasteiger partial charge in [0.15, 0.2) is 0 Å². The van der Waals surface area contributed by atoms with E-state index in [-0.39, 0.29) is 12.5 Å². The van der Waals surface area contributed by atoms with E-state index in [2.05, 4.69) is 10.6 Å². The van der Waals surface area contributed by atoms with Crippen LogP contribution < -0.4 is 10.6 Å². The van der Waals surface area contributed by atoms with Gasteiger partial charge in [0.2, 0.25) is 12.3 Å². The van der Waals surface area contributed by atoms with Crippen LogP contribution >= 0.6 is 0 Å². The van der Waals surface area contributed by atoms with Crippen molar-refractivity contribution in [2.45, 2.75) is 13.3 Å². The lowest BCUT2D eigenvalue weighted by Gasteiger charge is -2.00. The van der Waals surface area contributed by atoms with Crippen molar-refractivity contribution in [3.63, 3.8) is 0 Å². The number of amides is 2. The van der Waals surface area contributed by atoms with E-state index in [9.17, 15) is 9.59 Å². The Labute approximate surface area is 61.4 Å². The molecule has 0 aromatic rings. The average Bonchev–Trinajstić information content (AvgIpc) is 1.97. The van der Waals surface area contributed by atoms with E-state index < -0.39 is 6.39 Å². The predicted molar refractivity (Wildman–Crippen MR) is 37.4 cm³/mol. The lowest BCUT2D eigenvalue weighted by molar-refractivity contribution is -0.122. The molecule has 0 aromatic heterocycles. The summed E-state index contributed by atoms with van der Waals surface area (Å²) in [5.74, 6) is -0.257. The lowest BCUT2D eigenvalue weighted by atomic mass is 10.4. The first kappa shape index (κ1) is 7.05. The molecule has 0 fully saturated rings. The second-order valence-electron chi connectivity index (χ2n) is 1.81. The highest BCUT2D eigenvalue weighted by atomic mass is 16.2. The molecule has 4 heteroatoms. The van der Waals surface area contributed by atoms with Crippen LogP contribution in [0, 0.1) is 0 Å². The Balaban J connectivity index is 3.30. The van der Waals surface area contributed by atoms with Crippen molar-refractivity contribution in [2.75, 3.05) is 13.1 Å². The van der Waals surface area contributed by atoms with E-state index in [1.54, 1.807) is 0 Å². The van der Waals surface area contributed by atoms with Crippen molar-refractivity contribution < 1.29 is 11.0 Å². The Kier molecular flexibility index (Phi) is 4.28. The smallest absolute Gasteiger partial charge is 0.239 e. The average molecular weight is 146 g/mol. The Hall–Kier alpha value is -1.06. The Morgan fingerprint density at radius 2 is 2.50 bits per heavy atom. The van der Waals surface area contributed by atoms with E-state index in [0.29, 0.717) is 6.54 Å². The van der Waals surface area contributed by atoms with Gasteiger partial charge < -0.3 is 10.6 Å². The summed E-state index contributed by atoms with van der Waals surface area (Å²) in [7, 11) is 0. The molecule has 0 aliphatic heterocycles. The minimum absolute atomic E-state index is 0.109. The van der Waals surface area contributed by atoms with E-state index in [4.69, 9.17) is 1.37 Å². The summed E-state index contributed by atoms with van der Waals surface area (Å²) in [5.41, 5.74) is 0. The fourth-order valence-corrected chi connectivity index (χ4v) is 0.443. The molecule has 0 atom stereocenters. The highest BCUT2D eigenvalue weighted by Crippen LogP contribution is 1.69. The third-order valence-corrected chi connectivity index (χ3v) is 0.893. The maximum Gasteiger partial charge on any atom is 0.239 e. The molecular weight excluding hydrogens is 132 g/mol. The van der Waals surface area contributed by atoms with Gasteiger partial charge in [0.05, 0.1) is 6.54 Å². The third kappa shape index (κ3) is 5.08. The molecule has 0 radical (unpaired) electrons. The molecule has 0 spiro atoms. The summed E-state index contributed by atoms with van der Waals surface area (Å²) in [6, 6.07) is 0. The Bertz CT molecular complexity index is 150. The van der Waals surface area contributed by atoms with Crippen LogP contribution in [-0.4, -0.2) is 25.4 Å². The van der Waals surface area contributed by atoms with Crippen LogP contribution in [0.2, 0.25) is 0 Å². The number of rotatable bonds is 4. The third-order valence-electron chi connectivity index (χ3n) is 0.893. The van der Waals surface area contributed by atoms with Gasteiger partial charge in [-0.05, 0) is 6.42 Å². The van der Waals surface area contributed by atoms with Gasteiger partial charge in [0, 0.05) is 6.54 Å². The number of carbonyl (C=O) groups is 2. The molecule has 0 saturated heterocycles. The van der Waals surface area contributed by atoms with Crippen LogP contribution in [0.4, 0.5) is 0 Å². The fourth-order valence-electron chi connectivity index (χ4n) is 0.443. The van der Waals surface area contributed by atoms with Crippen LogP contribution in [0.1, 0.15) is 14.7 Å². The number of hydrogen-bond donors (Lipinski definition) is 2. The molecule has 4 nitrogen and oxygen atoms in total. The maximum absolute atomic E-state index is 10.7. The van der Waals surface area contributed by atoms with E-state index in [1.807, 2.05) is 6.92 Å². The maximum atomic E-state index is 10.7. The molecule has 0 heterocycles. The minimum Gasteiger partial charge on any atom is -0.355 e. The number of hydrogen-bond acceptors (Lipinski definition) is 2. The number of carbonyl (C=O) groups excluding carboxylic acids is 2. The largest absolute Gasteiger partial charge is 0.355 e.